The molecule has 1 aromatic carbocycles. The number of para-hydroxylation sites is 2. The molecule has 25 heavy (non-hydrogen) atoms. The van der Waals surface area contributed by atoms with Gasteiger partial charge in [0.15, 0.2) is 0 Å². The fourth-order valence-corrected chi connectivity index (χ4v) is 3.53. The topological polar surface area (TPSA) is 51.0 Å². The average molecular weight is 332 g/mol. The zero-order valence-corrected chi connectivity index (χ0v) is 14.2. The smallest absolute Gasteiger partial charge is 0.246 e. The second kappa shape index (κ2) is 6.51. The number of fused-ring (bicyclic) bond motifs is 1. The van der Waals surface area contributed by atoms with Gasteiger partial charge in [0, 0.05) is 31.6 Å². The lowest BCUT2D eigenvalue weighted by atomic mass is 10.2. The number of benzene rings is 1. The van der Waals surface area contributed by atoms with Crippen LogP contribution >= 0.6 is 0 Å². The van der Waals surface area contributed by atoms with Crippen molar-refractivity contribution in [1.82, 2.24) is 19.4 Å². The molecule has 1 amide bonds. The van der Waals surface area contributed by atoms with Gasteiger partial charge in [-0.05, 0) is 43.2 Å². The first-order valence-corrected chi connectivity index (χ1v) is 8.53. The molecule has 0 N–H and O–H groups in total. The molecule has 1 aliphatic rings. The molecule has 4 rings (SSSR count). The number of rotatable bonds is 3. The predicted molar refractivity (Wildman–Crippen MR) is 98.0 cm³/mol. The molecule has 1 fully saturated rings. The van der Waals surface area contributed by atoms with Gasteiger partial charge in [-0.25, -0.2) is 4.98 Å². The van der Waals surface area contributed by atoms with Crippen molar-refractivity contribution in [2.24, 2.45) is 0 Å². The molecule has 126 valence electrons. The van der Waals surface area contributed by atoms with Gasteiger partial charge < -0.3 is 9.47 Å². The van der Waals surface area contributed by atoms with Crippen molar-refractivity contribution in [3.05, 3.63) is 66.3 Å². The number of pyridine rings is 1. The van der Waals surface area contributed by atoms with Gasteiger partial charge in [-0.15, -0.1) is 0 Å². The maximum absolute atomic E-state index is 12.5. The quantitative estimate of drug-likeness (QED) is 0.692. The number of aryl methyl sites for hydroxylation is 1. The van der Waals surface area contributed by atoms with E-state index in [9.17, 15) is 4.79 Å². The fourth-order valence-electron chi connectivity index (χ4n) is 3.53. The van der Waals surface area contributed by atoms with Crippen molar-refractivity contribution >= 4 is 23.0 Å². The SMILES string of the molecule is Cc1nc2ccccc2n1[C@@H]1CCN(C(=O)/C=C/c2cccnc2)C1. The Bertz CT molecular complexity index is 929. The summed E-state index contributed by atoms with van der Waals surface area (Å²) in [5.41, 5.74) is 3.09. The van der Waals surface area contributed by atoms with Gasteiger partial charge in [-0.2, -0.15) is 0 Å². The van der Waals surface area contributed by atoms with E-state index in [1.165, 1.54) is 0 Å². The third kappa shape index (κ3) is 3.05. The summed E-state index contributed by atoms with van der Waals surface area (Å²) in [6.45, 7) is 3.52. The molecule has 1 saturated heterocycles. The number of carbonyl (C=O) groups excluding carboxylic acids is 1. The van der Waals surface area contributed by atoms with Crippen LogP contribution in [0.1, 0.15) is 23.9 Å². The molecule has 0 unspecified atom stereocenters. The van der Waals surface area contributed by atoms with Crippen molar-refractivity contribution in [2.45, 2.75) is 19.4 Å². The van der Waals surface area contributed by atoms with Crippen molar-refractivity contribution in [2.75, 3.05) is 13.1 Å². The van der Waals surface area contributed by atoms with Crippen LogP contribution in [0.5, 0.6) is 0 Å². The van der Waals surface area contributed by atoms with Crippen LogP contribution in [0, 0.1) is 6.92 Å². The molecule has 0 spiro atoms. The van der Waals surface area contributed by atoms with E-state index in [2.05, 4.69) is 20.6 Å². The highest BCUT2D eigenvalue weighted by atomic mass is 16.2. The lowest BCUT2D eigenvalue weighted by Gasteiger charge is -2.17. The van der Waals surface area contributed by atoms with Crippen LogP contribution in [-0.4, -0.2) is 38.4 Å². The van der Waals surface area contributed by atoms with Gasteiger partial charge in [-0.3, -0.25) is 9.78 Å². The highest BCUT2D eigenvalue weighted by Gasteiger charge is 2.28. The largest absolute Gasteiger partial charge is 0.337 e. The monoisotopic (exact) mass is 332 g/mol. The number of hydrogen-bond acceptors (Lipinski definition) is 3. The number of amides is 1. The van der Waals surface area contributed by atoms with Crippen LogP contribution in [0.2, 0.25) is 0 Å². The number of imidazole rings is 1. The summed E-state index contributed by atoms with van der Waals surface area (Å²) in [6, 6.07) is 12.3. The van der Waals surface area contributed by atoms with Crippen LogP contribution in [0.3, 0.4) is 0 Å². The molecule has 0 radical (unpaired) electrons. The van der Waals surface area contributed by atoms with Gasteiger partial charge >= 0.3 is 0 Å². The minimum absolute atomic E-state index is 0.0495. The molecule has 2 aromatic heterocycles. The summed E-state index contributed by atoms with van der Waals surface area (Å²) in [7, 11) is 0. The first-order valence-electron chi connectivity index (χ1n) is 8.53. The van der Waals surface area contributed by atoms with E-state index < -0.39 is 0 Å². The normalized spacial score (nSPS) is 17.6. The maximum Gasteiger partial charge on any atom is 0.246 e. The zero-order chi connectivity index (χ0) is 17.2. The first kappa shape index (κ1) is 15.6. The molecule has 3 aromatic rings. The highest BCUT2D eigenvalue weighted by molar-refractivity contribution is 5.92. The molecular weight excluding hydrogens is 312 g/mol. The van der Waals surface area contributed by atoms with Crippen molar-refractivity contribution in [3.8, 4) is 0 Å². The zero-order valence-electron chi connectivity index (χ0n) is 14.2. The van der Waals surface area contributed by atoms with Gasteiger partial charge in [-0.1, -0.05) is 18.2 Å². The molecule has 1 aliphatic heterocycles. The van der Waals surface area contributed by atoms with E-state index >= 15 is 0 Å². The Hall–Kier alpha value is -2.95. The Morgan fingerprint density at radius 3 is 2.96 bits per heavy atom. The lowest BCUT2D eigenvalue weighted by molar-refractivity contribution is -0.125. The Kier molecular flexibility index (Phi) is 4.06. The second-order valence-electron chi connectivity index (χ2n) is 6.36. The summed E-state index contributed by atoms with van der Waals surface area (Å²) in [6.07, 6.45) is 7.88. The minimum Gasteiger partial charge on any atom is -0.337 e. The highest BCUT2D eigenvalue weighted by Crippen LogP contribution is 2.28. The maximum atomic E-state index is 12.5. The van der Waals surface area contributed by atoms with E-state index in [0.29, 0.717) is 0 Å². The van der Waals surface area contributed by atoms with Crippen molar-refractivity contribution in [1.29, 1.82) is 0 Å². The molecule has 5 nitrogen and oxygen atoms in total. The number of nitrogens with zero attached hydrogens (tertiary/aromatic N) is 4. The van der Waals surface area contributed by atoms with Gasteiger partial charge in [0.2, 0.25) is 5.91 Å². The van der Waals surface area contributed by atoms with Crippen LogP contribution in [-0.2, 0) is 4.79 Å². The third-order valence-electron chi connectivity index (χ3n) is 4.72. The lowest BCUT2D eigenvalue weighted by Crippen LogP contribution is -2.27. The molecular formula is C20H20N4O. The third-order valence-corrected chi connectivity index (χ3v) is 4.72. The summed E-state index contributed by atoms with van der Waals surface area (Å²) in [5.74, 6) is 1.06. The summed E-state index contributed by atoms with van der Waals surface area (Å²) >= 11 is 0. The van der Waals surface area contributed by atoms with E-state index in [1.54, 1.807) is 18.5 Å². The number of hydrogen-bond donors (Lipinski definition) is 0. The molecule has 0 saturated carbocycles. The van der Waals surface area contributed by atoms with E-state index in [1.807, 2.05) is 48.2 Å². The number of likely N-dealkylation sites (tertiary alicyclic amines) is 1. The number of aromatic nitrogens is 3. The summed E-state index contributed by atoms with van der Waals surface area (Å²) in [5, 5.41) is 0. The van der Waals surface area contributed by atoms with Gasteiger partial charge in [0.05, 0.1) is 17.1 Å². The van der Waals surface area contributed by atoms with Crippen molar-refractivity contribution < 1.29 is 4.79 Å². The molecule has 0 aliphatic carbocycles. The Morgan fingerprint density at radius 1 is 1.24 bits per heavy atom. The van der Waals surface area contributed by atoms with Crippen LogP contribution in [0.15, 0.2) is 54.9 Å². The van der Waals surface area contributed by atoms with E-state index in [0.717, 1.165) is 41.9 Å². The first-order chi connectivity index (χ1) is 12.2. The van der Waals surface area contributed by atoms with Crippen LogP contribution < -0.4 is 0 Å². The van der Waals surface area contributed by atoms with E-state index in [-0.39, 0.29) is 11.9 Å². The van der Waals surface area contributed by atoms with Gasteiger partial charge in [0.1, 0.15) is 5.82 Å². The second-order valence-corrected chi connectivity index (χ2v) is 6.36. The predicted octanol–water partition coefficient (Wildman–Crippen LogP) is 3.23. The van der Waals surface area contributed by atoms with Gasteiger partial charge in [0.25, 0.3) is 0 Å². The molecule has 5 heteroatoms. The molecule has 0 bridgehead atoms. The van der Waals surface area contributed by atoms with Crippen LogP contribution in [0.4, 0.5) is 0 Å². The Morgan fingerprint density at radius 2 is 2.12 bits per heavy atom. The van der Waals surface area contributed by atoms with E-state index in [4.69, 9.17) is 0 Å². The summed E-state index contributed by atoms with van der Waals surface area (Å²) in [4.78, 5) is 23.1. The Balaban J connectivity index is 1.50. The number of carbonyl (C=O) groups is 1. The average Bonchev–Trinajstić information content (AvgIpc) is 3.24. The standard InChI is InChI=1S/C20H20N4O/c1-15-22-18-6-2-3-7-19(18)24(15)17-10-12-23(14-17)20(25)9-8-16-5-4-11-21-13-16/h2-9,11,13,17H,10,12,14H2,1H3/b9-8+/t17-/m1/s1. The minimum atomic E-state index is 0.0495. The summed E-state index contributed by atoms with van der Waals surface area (Å²) < 4.78 is 2.27. The molecule has 3 heterocycles. The fraction of sp³-hybridized carbons (Fsp3) is 0.250. The molecule has 1 atom stereocenters. The van der Waals surface area contributed by atoms with Crippen molar-refractivity contribution in [3.63, 3.8) is 0 Å². The Labute approximate surface area is 146 Å². The van der Waals surface area contributed by atoms with Crippen LogP contribution in [0.25, 0.3) is 17.1 Å².